The van der Waals surface area contributed by atoms with Crippen molar-refractivity contribution in [2.75, 3.05) is 20.2 Å². The van der Waals surface area contributed by atoms with Crippen LogP contribution in [0.4, 0.5) is 0 Å². The van der Waals surface area contributed by atoms with Crippen LogP contribution < -0.4 is 10.1 Å². The van der Waals surface area contributed by atoms with Crippen molar-refractivity contribution in [1.82, 2.24) is 30.8 Å². The number of aromatic nitrogens is 4. The number of carbonyl (C=O) groups is 3. The molecule has 11 heteroatoms. The van der Waals surface area contributed by atoms with Crippen LogP contribution >= 0.6 is 11.6 Å². The molecule has 0 saturated carbocycles. The maximum atomic E-state index is 13.2. The van der Waals surface area contributed by atoms with Gasteiger partial charge in [-0.05, 0) is 36.6 Å². The third-order valence-corrected chi connectivity index (χ3v) is 5.35. The Kier molecular flexibility index (Phi) is 6.99. The summed E-state index contributed by atoms with van der Waals surface area (Å²) in [6.07, 6.45) is 0.861. The lowest BCUT2D eigenvalue weighted by atomic mass is 9.96. The van der Waals surface area contributed by atoms with Gasteiger partial charge in [0.25, 0.3) is 0 Å². The van der Waals surface area contributed by atoms with E-state index in [1.165, 1.54) is 7.11 Å². The number of rotatable bonds is 7. The van der Waals surface area contributed by atoms with Gasteiger partial charge in [-0.15, -0.1) is 10.2 Å². The van der Waals surface area contributed by atoms with Crippen LogP contribution in [-0.4, -0.2) is 63.4 Å². The molecule has 1 saturated heterocycles. The number of benzene rings is 1. The molecule has 3 rings (SSSR count). The monoisotopic (exact) mass is 434 g/mol. The molecule has 2 N–H and O–H groups in total. The summed E-state index contributed by atoms with van der Waals surface area (Å²) >= 11 is 6.09. The summed E-state index contributed by atoms with van der Waals surface area (Å²) < 4.78 is 5.35. The first-order valence-electron chi connectivity index (χ1n) is 9.59. The molecule has 30 heavy (non-hydrogen) atoms. The highest BCUT2D eigenvalue weighted by molar-refractivity contribution is 6.30. The van der Waals surface area contributed by atoms with Gasteiger partial charge in [0.1, 0.15) is 12.3 Å². The zero-order chi connectivity index (χ0) is 21.7. The van der Waals surface area contributed by atoms with Gasteiger partial charge < -0.3 is 10.1 Å². The number of ether oxygens (including phenoxy) is 1. The lowest BCUT2D eigenvalue weighted by Crippen LogP contribution is -2.43. The normalized spacial score (nSPS) is 18.0. The maximum absolute atomic E-state index is 13.2. The summed E-state index contributed by atoms with van der Waals surface area (Å²) in [5.41, 5.74) is 0.727. The molecule has 1 unspecified atom stereocenters. The summed E-state index contributed by atoms with van der Waals surface area (Å²) in [6, 6.07) is 5.13. The Morgan fingerprint density at radius 1 is 1.40 bits per heavy atom. The van der Waals surface area contributed by atoms with Crippen molar-refractivity contribution in [2.24, 2.45) is 5.92 Å². The topological polar surface area (TPSA) is 130 Å². The van der Waals surface area contributed by atoms with Crippen LogP contribution in [0.1, 0.15) is 37.1 Å². The molecular formula is C19H23ClN6O4. The van der Waals surface area contributed by atoms with E-state index in [-0.39, 0.29) is 37.8 Å². The number of H-pyrrole nitrogens is 1. The van der Waals surface area contributed by atoms with E-state index in [9.17, 15) is 14.4 Å². The van der Waals surface area contributed by atoms with Crippen LogP contribution in [0.15, 0.2) is 18.2 Å². The molecule has 160 valence electrons. The highest BCUT2D eigenvalue weighted by Crippen LogP contribution is 2.27. The fourth-order valence-corrected chi connectivity index (χ4v) is 3.64. The molecule has 2 heterocycles. The van der Waals surface area contributed by atoms with Crippen LogP contribution in [0.25, 0.3) is 0 Å². The second kappa shape index (κ2) is 9.66. The van der Waals surface area contributed by atoms with E-state index < -0.39 is 17.7 Å². The average molecular weight is 435 g/mol. The van der Waals surface area contributed by atoms with Crippen LogP contribution in [-0.2, 0) is 20.8 Å². The van der Waals surface area contributed by atoms with Crippen molar-refractivity contribution >= 4 is 29.3 Å². The number of nitrogens with one attached hydrogen (secondary N) is 2. The lowest BCUT2D eigenvalue weighted by Gasteiger charge is -2.23. The molecule has 1 aromatic heterocycles. The van der Waals surface area contributed by atoms with Gasteiger partial charge in [0, 0.05) is 23.9 Å². The van der Waals surface area contributed by atoms with Crippen LogP contribution in [0.5, 0.6) is 5.75 Å². The van der Waals surface area contributed by atoms with E-state index in [4.69, 9.17) is 16.3 Å². The largest absolute Gasteiger partial charge is 0.496 e. The number of imide groups is 1. The van der Waals surface area contributed by atoms with Crippen molar-refractivity contribution in [3.63, 3.8) is 0 Å². The predicted octanol–water partition coefficient (Wildman–Crippen LogP) is 1.09. The highest BCUT2D eigenvalue weighted by Gasteiger charge is 2.35. The number of carbonyl (C=O) groups excluding carboxylic acids is 3. The minimum absolute atomic E-state index is 0.00224. The second-order valence-corrected chi connectivity index (χ2v) is 7.50. The third kappa shape index (κ3) is 4.93. The minimum Gasteiger partial charge on any atom is -0.496 e. The van der Waals surface area contributed by atoms with Gasteiger partial charge in [-0.3, -0.25) is 19.3 Å². The van der Waals surface area contributed by atoms with Crippen LogP contribution in [0.3, 0.4) is 0 Å². The maximum Gasteiger partial charge on any atom is 0.240 e. The molecule has 2 aromatic rings. The van der Waals surface area contributed by atoms with E-state index in [0.717, 1.165) is 10.5 Å². The molecule has 3 amide bonds. The summed E-state index contributed by atoms with van der Waals surface area (Å²) in [6.45, 7) is 1.70. The van der Waals surface area contributed by atoms with Gasteiger partial charge in [-0.25, -0.2) is 0 Å². The number of tetrazole rings is 1. The quantitative estimate of drug-likeness (QED) is 0.666. The number of aromatic amines is 1. The number of amides is 3. The van der Waals surface area contributed by atoms with Crippen molar-refractivity contribution < 1.29 is 19.1 Å². The first-order chi connectivity index (χ1) is 14.4. The molecule has 0 radical (unpaired) electrons. The van der Waals surface area contributed by atoms with Gasteiger partial charge >= 0.3 is 0 Å². The van der Waals surface area contributed by atoms with Gasteiger partial charge in [0.2, 0.25) is 17.7 Å². The van der Waals surface area contributed by atoms with Gasteiger partial charge in [0.15, 0.2) is 5.82 Å². The van der Waals surface area contributed by atoms with E-state index in [1.807, 2.05) is 6.92 Å². The van der Waals surface area contributed by atoms with Gasteiger partial charge in [0.05, 0.1) is 13.0 Å². The lowest BCUT2D eigenvalue weighted by molar-refractivity contribution is -0.148. The Morgan fingerprint density at radius 3 is 2.87 bits per heavy atom. The summed E-state index contributed by atoms with van der Waals surface area (Å²) in [5.74, 6) is -1.19. The highest BCUT2D eigenvalue weighted by atomic mass is 35.5. The molecule has 0 spiro atoms. The molecule has 1 aliphatic rings. The van der Waals surface area contributed by atoms with E-state index >= 15 is 0 Å². The SMILES string of the molecule is CC[C@@H](CC(=O)N1CC(=O)NCC(Cc2cc(Cl)ccc2OC)C1=O)c1nn[nH]n1. The standard InChI is InChI=1S/C19H23ClN6O4/c1-3-11(18-22-24-25-23-18)8-17(28)26-10-16(27)21-9-13(19(26)29)6-12-7-14(20)4-5-15(12)30-2/h4-5,7,11,13H,3,6,8-10H2,1-2H3,(H,21,27)(H,22,23,24,25)/t11-,13?/m0/s1. The number of methoxy groups -OCH3 is 1. The molecule has 0 aliphatic carbocycles. The minimum atomic E-state index is -0.627. The van der Waals surface area contributed by atoms with Gasteiger partial charge in [-0.1, -0.05) is 23.7 Å². The predicted molar refractivity (Wildman–Crippen MR) is 107 cm³/mol. The molecular weight excluding hydrogens is 412 g/mol. The smallest absolute Gasteiger partial charge is 0.240 e. The Morgan fingerprint density at radius 2 is 2.20 bits per heavy atom. The van der Waals surface area contributed by atoms with Crippen molar-refractivity contribution in [1.29, 1.82) is 0 Å². The summed E-state index contributed by atoms with van der Waals surface area (Å²) in [4.78, 5) is 39.3. The second-order valence-electron chi connectivity index (χ2n) is 7.06. The molecule has 2 atom stereocenters. The fraction of sp³-hybridized carbons (Fsp3) is 0.474. The first kappa shape index (κ1) is 21.7. The third-order valence-electron chi connectivity index (χ3n) is 5.11. The zero-order valence-electron chi connectivity index (χ0n) is 16.7. The fourth-order valence-electron chi connectivity index (χ4n) is 3.45. The average Bonchev–Trinajstić information content (AvgIpc) is 3.22. The Labute approximate surface area is 178 Å². The number of nitrogens with zero attached hydrogens (tertiary/aromatic N) is 4. The van der Waals surface area contributed by atoms with E-state index in [0.29, 0.717) is 23.0 Å². The summed E-state index contributed by atoms with van der Waals surface area (Å²) in [7, 11) is 1.53. The van der Waals surface area contributed by atoms with Crippen molar-refractivity contribution in [3.8, 4) is 5.75 Å². The summed E-state index contributed by atoms with van der Waals surface area (Å²) in [5, 5.41) is 17.0. The molecule has 1 aliphatic heterocycles. The molecule has 1 fully saturated rings. The molecule has 10 nitrogen and oxygen atoms in total. The Bertz CT molecular complexity index is 920. The van der Waals surface area contributed by atoms with Crippen molar-refractivity contribution in [2.45, 2.75) is 32.1 Å². The first-order valence-corrected chi connectivity index (χ1v) is 9.97. The Balaban J connectivity index is 1.79. The van der Waals surface area contributed by atoms with E-state index in [1.54, 1.807) is 18.2 Å². The molecule has 1 aromatic carbocycles. The number of halogens is 1. The zero-order valence-corrected chi connectivity index (χ0v) is 17.5. The number of hydrogen-bond donors (Lipinski definition) is 2. The van der Waals surface area contributed by atoms with Crippen LogP contribution in [0, 0.1) is 5.92 Å². The van der Waals surface area contributed by atoms with Crippen LogP contribution in [0.2, 0.25) is 5.02 Å². The van der Waals surface area contributed by atoms with Gasteiger partial charge in [-0.2, -0.15) is 5.21 Å². The number of hydrogen-bond acceptors (Lipinski definition) is 7. The van der Waals surface area contributed by atoms with E-state index in [2.05, 4.69) is 25.9 Å². The Hall–Kier alpha value is -3.01. The van der Waals surface area contributed by atoms with Crippen molar-refractivity contribution in [3.05, 3.63) is 34.6 Å². The molecule has 0 bridgehead atoms.